The van der Waals surface area contributed by atoms with Crippen LogP contribution in [0.4, 0.5) is 5.69 Å². The fourth-order valence-electron chi connectivity index (χ4n) is 2.12. The van der Waals surface area contributed by atoms with Crippen LogP contribution in [0.3, 0.4) is 0 Å². The van der Waals surface area contributed by atoms with E-state index in [0.29, 0.717) is 5.02 Å². The molecule has 1 amide bonds. The van der Waals surface area contributed by atoms with E-state index in [1.165, 1.54) is 0 Å². The quantitative estimate of drug-likeness (QED) is 0.848. The van der Waals surface area contributed by atoms with Crippen LogP contribution in [0.15, 0.2) is 28.9 Å². The predicted molar refractivity (Wildman–Crippen MR) is 87.3 cm³/mol. The molecule has 0 saturated heterocycles. The number of amides is 1. The maximum absolute atomic E-state index is 11.8. The first-order chi connectivity index (χ1) is 9.92. The van der Waals surface area contributed by atoms with Gasteiger partial charge >= 0.3 is 0 Å². The number of carbonyl (C=O) groups excluding carboxylic acids is 1. The number of rotatable bonds is 5. The van der Waals surface area contributed by atoms with Gasteiger partial charge in [-0.25, -0.2) is 0 Å². The fourth-order valence-corrected chi connectivity index (χ4v) is 2.62. The Morgan fingerprint density at radius 3 is 2.86 bits per heavy atom. The molecule has 0 bridgehead atoms. The lowest BCUT2D eigenvalue weighted by atomic mass is 10.1. The smallest absolute Gasteiger partial charge is 0.244 e. The van der Waals surface area contributed by atoms with E-state index in [0.717, 1.165) is 27.8 Å². The van der Waals surface area contributed by atoms with E-state index in [1.807, 2.05) is 20.2 Å². The molecular weight excluding hydrogens is 356 g/mol. The summed E-state index contributed by atoms with van der Waals surface area (Å²) in [5, 5.41) is 8.08. The van der Waals surface area contributed by atoms with Crippen molar-refractivity contribution in [3.05, 3.63) is 45.1 Å². The Kier molecular flexibility index (Phi) is 4.90. The Morgan fingerprint density at radius 1 is 1.57 bits per heavy atom. The van der Waals surface area contributed by atoms with Gasteiger partial charge in [0.15, 0.2) is 0 Å². The molecule has 0 aliphatic heterocycles. The number of hydrogen-bond acceptors (Lipinski definition) is 3. The van der Waals surface area contributed by atoms with Gasteiger partial charge in [0.1, 0.15) is 6.04 Å². The summed E-state index contributed by atoms with van der Waals surface area (Å²) >= 11 is 9.33. The molecule has 112 valence electrons. The second kappa shape index (κ2) is 6.49. The molecule has 0 aliphatic rings. The number of anilines is 1. The van der Waals surface area contributed by atoms with E-state index >= 15 is 0 Å². The molecule has 2 rings (SSSR count). The molecule has 1 atom stereocenters. The molecule has 7 heteroatoms. The highest BCUT2D eigenvalue weighted by Gasteiger charge is 2.23. The zero-order valence-corrected chi connectivity index (χ0v) is 14.1. The van der Waals surface area contributed by atoms with Crippen molar-refractivity contribution in [3.63, 3.8) is 0 Å². The lowest BCUT2D eigenvalue weighted by Gasteiger charge is -2.17. The third kappa shape index (κ3) is 3.57. The van der Waals surface area contributed by atoms with Crippen LogP contribution < -0.4 is 11.1 Å². The van der Waals surface area contributed by atoms with Crippen molar-refractivity contribution in [2.24, 2.45) is 12.8 Å². The van der Waals surface area contributed by atoms with Crippen molar-refractivity contribution in [3.8, 4) is 0 Å². The van der Waals surface area contributed by atoms with Crippen molar-refractivity contribution >= 4 is 39.1 Å². The molecule has 0 radical (unpaired) electrons. The lowest BCUT2D eigenvalue weighted by molar-refractivity contribution is -0.118. The highest BCUT2D eigenvalue weighted by Crippen LogP contribution is 2.28. The minimum Gasteiger partial charge on any atom is -0.370 e. The van der Waals surface area contributed by atoms with Crippen molar-refractivity contribution < 1.29 is 4.79 Å². The van der Waals surface area contributed by atoms with Crippen LogP contribution in [-0.4, -0.2) is 15.7 Å². The molecule has 1 aromatic carbocycles. The molecular formula is C14H16BrClN4O. The van der Waals surface area contributed by atoms with Crippen molar-refractivity contribution in [2.45, 2.75) is 19.4 Å². The van der Waals surface area contributed by atoms with Gasteiger partial charge in [0.05, 0.1) is 10.7 Å². The topological polar surface area (TPSA) is 72.9 Å². The molecule has 0 saturated carbocycles. The summed E-state index contributed by atoms with van der Waals surface area (Å²) in [5.74, 6) is -0.455. The summed E-state index contributed by atoms with van der Waals surface area (Å²) in [6.45, 7) is 1.99. The summed E-state index contributed by atoms with van der Waals surface area (Å²) in [5.41, 5.74) is 7.93. The first kappa shape index (κ1) is 15.9. The zero-order chi connectivity index (χ0) is 15.6. The number of hydrogen-bond donors (Lipinski definition) is 2. The molecule has 21 heavy (non-hydrogen) atoms. The molecule has 0 spiro atoms. The summed E-state index contributed by atoms with van der Waals surface area (Å²) < 4.78 is 2.43. The number of carbonyl (C=O) groups is 1. The van der Waals surface area contributed by atoms with Crippen LogP contribution in [0.1, 0.15) is 24.2 Å². The maximum Gasteiger partial charge on any atom is 0.244 e. The third-order valence-electron chi connectivity index (χ3n) is 3.10. The molecule has 0 aliphatic carbocycles. The molecule has 3 N–H and O–H groups in total. The van der Waals surface area contributed by atoms with Gasteiger partial charge < -0.3 is 11.1 Å². The second-order valence-electron chi connectivity index (χ2n) is 4.67. The molecule has 1 unspecified atom stereocenters. The second-order valence-corrected chi connectivity index (χ2v) is 5.93. The largest absolute Gasteiger partial charge is 0.370 e. The molecule has 2 aromatic rings. The first-order valence-corrected chi connectivity index (χ1v) is 7.62. The average Bonchev–Trinajstić information content (AvgIpc) is 2.80. The molecule has 1 aromatic heterocycles. The van der Waals surface area contributed by atoms with E-state index in [1.54, 1.807) is 22.9 Å². The number of aryl methyl sites for hydroxylation is 2. The number of primary amides is 1. The molecule has 5 nitrogen and oxygen atoms in total. The van der Waals surface area contributed by atoms with Crippen molar-refractivity contribution in [2.75, 3.05) is 5.32 Å². The van der Waals surface area contributed by atoms with Gasteiger partial charge in [-0.15, -0.1) is 0 Å². The first-order valence-electron chi connectivity index (χ1n) is 6.45. The Labute approximate surface area is 136 Å². The van der Waals surface area contributed by atoms with E-state index < -0.39 is 11.9 Å². The normalized spacial score (nSPS) is 12.2. The van der Waals surface area contributed by atoms with Gasteiger partial charge in [0.2, 0.25) is 5.91 Å². The summed E-state index contributed by atoms with van der Waals surface area (Å²) in [4.78, 5) is 11.8. The fraction of sp³-hybridized carbons (Fsp3) is 0.286. The van der Waals surface area contributed by atoms with Gasteiger partial charge in [-0.1, -0.05) is 18.5 Å². The van der Waals surface area contributed by atoms with E-state index in [2.05, 4.69) is 26.3 Å². The minimum absolute atomic E-state index is 0.455. The van der Waals surface area contributed by atoms with Crippen LogP contribution in [-0.2, 0) is 18.3 Å². The number of halogens is 2. The SMILES string of the molecule is CCc1nn(C)cc1C(Nc1ccc(Cl)c(Br)c1)C(N)=O. The van der Waals surface area contributed by atoms with Gasteiger partial charge in [-0.05, 0) is 40.5 Å². The van der Waals surface area contributed by atoms with Gasteiger partial charge in [-0.3, -0.25) is 9.48 Å². The summed E-state index contributed by atoms with van der Waals surface area (Å²) in [6, 6.07) is 4.71. The number of aromatic nitrogens is 2. The number of nitrogens with zero attached hydrogens (tertiary/aromatic N) is 2. The summed E-state index contributed by atoms with van der Waals surface area (Å²) in [6.07, 6.45) is 2.54. The predicted octanol–water partition coefficient (Wildman–Crippen LogP) is 3.04. The Bertz CT molecular complexity index is 671. The number of benzene rings is 1. The number of nitrogens with two attached hydrogens (primary N) is 1. The standard InChI is InChI=1S/C14H16BrClN4O/c1-3-12-9(7-20(2)19-12)13(14(17)21)18-8-4-5-11(16)10(15)6-8/h4-7,13,18H,3H2,1-2H3,(H2,17,21). The van der Waals surface area contributed by atoms with E-state index in [9.17, 15) is 4.79 Å². The molecule has 1 heterocycles. The Hall–Kier alpha value is -1.53. The third-order valence-corrected chi connectivity index (χ3v) is 4.31. The maximum atomic E-state index is 11.8. The highest BCUT2D eigenvalue weighted by molar-refractivity contribution is 9.10. The van der Waals surface area contributed by atoms with Gasteiger partial charge in [0.25, 0.3) is 0 Å². The minimum atomic E-state index is -0.637. The van der Waals surface area contributed by atoms with Crippen LogP contribution in [0.25, 0.3) is 0 Å². The lowest BCUT2D eigenvalue weighted by Crippen LogP contribution is -2.28. The Balaban J connectivity index is 2.35. The van der Waals surface area contributed by atoms with E-state index in [-0.39, 0.29) is 0 Å². The van der Waals surface area contributed by atoms with Gasteiger partial charge in [0, 0.05) is 29.0 Å². The Morgan fingerprint density at radius 2 is 2.29 bits per heavy atom. The summed E-state index contributed by atoms with van der Waals surface area (Å²) in [7, 11) is 1.82. The zero-order valence-electron chi connectivity index (χ0n) is 11.7. The van der Waals surface area contributed by atoms with Crippen LogP contribution in [0, 0.1) is 0 Å². The average molecular weight is 372 g/mol. The van der Waals surface area contributed by atoms with Crippen LogP contribution in [0.5, 0.6) is 0 Å². The van der Waals surface area contributed by atoms with Crippen LogP contribution in [0.2, 0.25) is 5.02 Å². The molecule has 0 fully saturated rings. The van der Waals surface area contributed by atoms with Crippen molar-refractivity contribution in [1.29, 1.82) is 0 Å². The monoisotopic (exact) mass is 370 g/mol. The van der Waals surface area contributed by atoms with Crippen molar-refractivity contribution in [1.82, 2.24) is 9.78 Å². The van der Waals surface area contributed by atoms with E-state index in [4.69, 9.17) is 17.3 Å². The van der Waals surface area contributed by atoms with Gasteiger partial charge in [-0.2, -0.15) is 5.10 Å². The highest BCUT2D eigenvalue weighted by atomic mass is 79.9. The number of nitrogens with one attached hydrogen (secondary N) is 1. The van der Waals surface area contributed by atoms with Crippen LogP contribution >= 0.6 is 27.5 Å².